The summed E-state index contributed by atoms with van der Waals surface area (Å²) in [5, 5.41) is 19.5. The van der Waals surface area contributed by atoms with Gasteiger partial charge in [0.15, 0.2) is 11.6 Å². The second kappa shape index (κ2) is 8.35. The quantitative estimate of drug-likeness (QED) is 0.498. The largest absolute Gasteiger partial charge is 0.390 e. The average Bonchev–Trinajstić information content (AvgIpc) is 3.43. The normalized spacial score (nSPS) is 15.1. The van der Waals surface area contributed by atoms with Gasteiger partial charge in [-0.05, 0) is 46.6 Å². The van der Waals surface area contributed by atoms with Crippen LogP contribution in [0.2, 0.25) is 5.02 Å². The van der Waals surface area contributed by atoms with Crippen LogP contribution in [0.15, 0.2) is 24.5 Å². The Morgan fingerprint density at radius 2 is 2.00 bits per heavy atom. The number of amides is 1. The fraction of sp³-hybridized carbons (Fsp3) is 0.476. The molecule has 0 radical (unpaired) electrons. The van der Waals surface area contributed by atoms with E-state index in [9.17, 15) is 14.3 Å². The molecule has 9 heteroatoms. The second-order valence-corrected chi connectivity index (χ2v) is 8.98. The minimum absolute atomic E-state index is 0.0135. The van der Waals surface area contributed by atoms with Crippen molar-refractivity contribution in [3.05, 3.63) is 40.9 Å². The van der Waals surface area contributed by atoms with Gasteiger partial charge in [0.2, 0.25) is 0 Å². The highest BCUT2D eigenvalue weighted by atomic mass is 35.5. The predicted octanol–water partition coefficient (Wildman–Crippen LogP) is 4.11. The topological polar surface area (TPSA) is 99.2 Å². The third-order valence-corrected chi connectivity index (χ3v) is 5.59. The van der Waals surface area contributed by atoms with Crippen molar-refractivity contribution in [3.63, 3.8) is 0 Å². The number of pyridine rings is 2. The van der Waals surface area contributed by atoms with Crippen LogP contribution in [-0.4, -0.2) is 39.2 Å². The van der Waals surface area contributed by atoms with E-state index in [0.717, 1.165) is 18.9 Å². The van der Waals surface area contributed by atoms with Gasteiger partial charge in [0.05, 0.1) is 21.9 Å². The number of halogens is 2. The maximum Gasteiger partial charge on any atom is 0.254 e. The van der Waals surface area contributed by atoms with E-state index in [1.165, 1.54) is 12.4 Å². The molecule has 1 saturated carbocycles. The maximum atomic E-state index is 14.0. The molecule has 0 atom stereocenters. The van der Waals surface area contributed by atoms with Crippen LogP contribution in [-0.2, 0) is 0 Å². The van der Waals surface area contributed by atoms with E-state index in [4.69, 9.17) is 11.6 Å². The molecule has 1 aliphatic rings. The summed E-state index contributed by atoms with van der Waals surface area (Å²) >= 11 is 5.74. The van der Waals surface area contributed by atoms with Gasteiger partial charge in [0, 0.05) is 36.5 Å². The monoisotopic (exact) mass is 435 g/mol. The number of carbonyl (C=O) groups is 1. The Labute approximate surface area is 180 Å². The third kappa shape index (κ3) is 4.99. The van der Waals surface area contributed by atoms with E-state index in [2.05, 4.69) is 25.9 Å². The first-order valence-electron chi connectivity index (χ1n) is 9.86. The van der Waals surface area contributed by atoms with Gasteiger partial charge in [-0.2, -0.15) is 0 Å². The van der Waals surface area contributed by atoms with Crippen molar-refractivity contribution in [1.29, 1.82) is 0 Å². The number of aliphatic hydroxyl groups is 1. The summed E-state index contributed by atoms with van der Waals surface area (Å²) in [6, 6.07) is 2.85. The molecule has 7 nitrogen and oxygen atoms in total. The van der Waals surface area contributed by atoms with Gasteiger partial charge in [0.25, 0.3) is 5.91 Å². The molecular weight excluding hydrogens is 409 g/mol. The average molecular weight is 436 g/mol. The van der Waals surface area contributed by atoms with E-state index in [1.54, 1.807) is 19.9 Å². The SMILES string of the molecule is CC(C)Nc1cc(Nc2ncc(Cl)cc2F)ncc1C(=O)NCC1(C(C)(C)O)CC1. The highest BCUT2D eigenvalue weighted by Crippen LogP contribution is 2.53. The molecule has 4 N–H and O–H groups in total. The highest BCUT2D eigenvalue weighted by Gasteiger charge is 2.53. The third-order valence-electron chi connectivity index (χ3n) is 5.39. The lowest BCUT2D eigenvalue weighted by molar-refractivity contribution is 0.00303. The molecule has 3 rings (SSSR count). The van der Waals surface area contributed by atoms with Gasteiger partial charge < -0.3 is 21.1 Å². The van der Waals surface area contributed by atoms with Crippen LogP contribution < -0.4 is 16.0 Å². The summed E-state index contributed by atoms with van der Waals surface area (Å²) in [7, 11) is 0. The molecule has 2 heterocycles. The van der Waals surface area contributed by atoms with Crippen molar-refractivity contribution in [2.75, 3.05) is 17.2 Å². The molecule has 0 bridgehead atoms. The molecule has 162 valence electrons. The molecule has 2 aromatic heterocycles. The molecule has 0 aromatic carbocycles. The lowest BCUT2D eigenvalue weighted by Crippen LogP contribution is -2.42. The van der Waals surface area contributed by atoms with E-state index >= 15 is 0 Å². The first kappa shape index (κ1) is 22.2. The predicted molar refractivity (Wildman–Crippen MR) is 116 cm³/mol. The standard InChI is InChI=1S/C21H27ClFN5O2/c1-12(2)27-16-8-17(28-18-15(23)7-13(22)9-25-18)24-10-14(16)19(29)26-11-21(5-6-21)20(3,4)30/h7-10,12,30H,5-6,11H2,1-4H3,(H,26,29)(H2,24,25,27,28). The molecular formula is C21H27ClFN5O2. The second-order valence-electron chi connectivity index (χ2n) is 8.55. The van der Waals surface area contributed by atoms with Crippen molar-refractivity contribution < 1.29 is 14.3 Å². The zero-order chi connectivity index (χ0) is 22.1. The summed E-state index contributed by atoms with van der Waals surface area (Å²) in [6.07, 6.45) is 4.50. The van der Waals surface area contributed by atoms with Crippen LogP contribution in [0, 0.1) is 11.2 Å². The smallest absolute Gasteiger partial charge is 0.254 e. The molecule has 1 aliphatic carbocycles. The van der Waals surface area contributed by atoms with Crippen LogP contribution in [0.4, 0.5) is 21.7 Å². The van der Waals surface area contributed by atoms with Gasteiger partial charge in [0.1, 0.15) is 5.82 Å². The highest BCUT2D eigenvalue weighted by molar-refractivity contribution is 6.30. The summed E-state index contributed by atoms with van der Waals surface area (Å²) in [4.78, 5) is 21.0. The Hall–Kier alpha value is -2.45. The van der Waals surface area contributed by atoms with E-state index in [-0.39, 0.29) is 28.2 Å². The van der Waals surface area contributed by atoms with Crippen LogP contribution >= 0.6 is 11.6 Å². The minimum atomic E-state index is -0.860. The Balaban J connectivity index is 1.79. The molecule has 0 aliphatic heterocycles. The van der Waals surface area contributed by atoms with Gasteiger partial charge in [-0.15, -0.1) is 0 Å². The number of anilines is 3. The fourth-order valence-electron chi connectivity index (χ4n) is 3.26. The van der Waals surface area contributed by atoms with Crippen molar-refractivity contribution >= 4 is 34.8 Å². The summed E-state index contributed by atoms with van der Waals surface area (Å²) in [6.45, 7) is 7.82. The zero-order valence-electron chi connectivity index (χ0n) is 17.5. The van der Waals surface area contributed by atoms with Crippen LogP contribution in [0.1, 0.15) is 50.9 Å². The molecule has 0 spiro atoms. The van der Waals surface area contributed by atoms with E-state index < -0.39 is 11.4 Å². The Morgan fingerprint density at radius 3 is 2.57 bits per heavy atom. The van der Waals surface area contributed by atoms with Gasteiger partial charge in [-0.3, -0.25) is 4.79 Å². The first-order chi connectivity index (χ1) is 14.0. The van der Waals surface area contributed by atoms with Crippen molar-refractivity contribution in [1.82, 2.24) is 15.3 Å². The zero-order valence-corrected chi connectivity index (χ0v) is 18.3. The van der Waals surface area contributed by atoms with Gasteiger partial charge in [-0.25, -0.2) is 14.4 Å². The van der Waals surface area contributed by atoms with Crippen molar-refractivity contribution in [3.8, 4) is 0 Å². The summed E-state index contributed by atoms with van der Waals surface area (Å²) < 4.78 is 14.0. The minimum Gasteiger partial charge on any atom is -0.390 e. The van der Waals surface area contributed by atoms with Crippen molar-refractivity contribution in [2.45, 2.75) is 52.2 Å². The van der Waals surface area contributed by atoms with Crippen LogP contribution in [0.5, 0.6) is 0 Å². The number of rotatable bonds is 8. The fourth-order valence-corrected chi connectivity index (χ4v) is 3.41. The number of hydrogen-bond donors (Lipinski definition) is 4. The number of hydrogen-bond acceptors (Lipinski definition) is 6. The Morgan fingerprint density at radius 1 is 1.30 bits per heavy atom. The number of carbonyl (C=O) groups excluding carboxylic acids is 1. The van der Waals surface area contributed by atoms with Crippen LogP contribution in [0.3, 0.4) is 0 Å². The van der Waals surface area contributed by atoms with Gasteiger partial charge in [-0.1, -0.05) is 11.6 Å². The molecule has 0 unspecified atom stereocenters. The maximum absolute atomic E-state index is 14.0. The number of aromatic nitrogens is 2. The Bertz CT molecular complexity index is 941. The molecule has 1 fully saturated rings. The molecule has 30 heavy (non-hydrogen) atoms. The lowest BCUT2D eigenvalue weighted by atomic mass is 9.87. The van der Waals surface area contributed by atoms with Crippen LogP contribution in [0.25, 0.3) is 0 Å². The van der Waals surface area contributed by atoms with E-state index in [1.807, 2.05) is 13.8 Å². The van der Waals surface area contributed by atoms with E-state index in [0.29, 0.717) is 23.6 Å². The first-order valence-corrected chi connectivity index (χ1v) is 10.2. The van der Waals surface area contributed by atoms with Gasteiger partial charge >= 0.3 is 0 Å². The lowest BCUT2D eigenvalue weighted by Gasteiger charge is -2.29. The molecule has 1 amide bonds. The Kier molecular flexibility index (Phi) is 6.19. The molecule has 0 saturated heterocycles. The number of nitrogens with one attached hydrogen (secondary N) is 3. The van der Waals surface area contributed by atoms with Crippen molar-refractivity contribution in [2.24, 2.45) is 5.41 Å². The summed E-state index contributed by atoms with van der Waals surface area (Å²) in [5.74, 6) is -0.576. The molecule has 2 aromatic rings. The summed E-state index contributed by atoms with van der Waals surface area (Å²) in [5.41, 5.74) is -0.227. The number of nitrogens with zero attached hydrogens (tertiary/aromatic N) is 2.